The second kappa shape index (κ2) is 9.19. The zero-order chi connectivity index (χ0) is 21.9. The molecule has 0 bridgehead atoms. The van der Waals surface area contributed by atoms with Crippen LogP contribution in [0.4, 0.5) is 5.69 Å². The maximum atomic E-state index is 12.8. The fourth-order valence-electron chi connectivity index (χ4n) is 4.96. The highest BCUT2D eigenvalue weighted by molar-refractivity contribution is 5.94. The van der Waals surface area contributed by atoms with Gasteiger partial charge in [0.25, 0.3) is 5.91 Å². The number of aromatic nitrogens is 2. The van der Waals surface area contributed by atoms with Crippen LogP contribution in [0.15, 0.2) is 54.6 Å². The number of hydrogen-bond donors (Lipinski definition) is 1. The number of carbonyl (C=O) groups excluding carboxylic acids is 1. The molecule has 32 heavy (non-hydrogen) atoms. The average molecular weight is 429 g/mol. The van der Waals surface area contributed by atoms with Crippen LogP contribution in [0.3, 0.4) is 0 Å². The van der Waals surface area contributed by atoms with Gasteiger partial charge in [0.15, 0.2) is 0 Å². The molecule has 0 unspecified atom stereocenters. The van der Waals surface area contributed by atoms with Gasteiger partial charge in [0, 0.05) is 43.0 Å². The molecule has 2 aliphatic heterocycles. The van der Waals surface area contributed by atoms with Crippen molar-refractivity contribution in [2.45, 2.75) is 39.0 Å². The van der Waals surface area contributed by atoms with Crippen molar-refractivity contribution in [3.8, 4) is 22.5 Å². The lowest BCUT2D eigenvalue weighted by Crippen LogP contribution is -2.39. The molecule has 1 aromatic heterocycles. The number of piperidine rings is 2. The summed E-state index contributed by atoms with van der Waals surface area (Å²) in [5.41, 5.74) is 6.11. The molecule has 3 heterocycles. The summed E-state index contributed by atoms with van der Waals surface area (Å²) < 4.78 is 0. The van der Waals surface area contributed by atoms with Gasteiger partial charge in [-0.1, -0.05) is 31.2 Å². The summed E-state index contributed by atoms with van der Waals surface area (Å²) in [5.74, 6) is 0.728. The summed E-state index contributed by atoms with van der Waals surface area (Å²) in [4.78, 5) is 17.3. The van der Waals surface area contributed by atoms with Gasteiger partial charge in [0.1, 0.15) is 0 Å². The Labute approximate surface area is 190 Å². The summed E-state index contributed by atoms with van der Waals surface area (Å²) in [5, 5.41) is 7.69. The third-order valence-electron chi connectivity index (χ3n) is 6.85. The molecule has 0 aliphatic carbocycles. The molecule has 2 aliphatic rings. The molecule has 1 atom stereocenters. The van der Waals surface area contributed by atoms with Crippen molar-refractivity contribution >= 4 is 11.6 Å². The van der Waals surface area contributed by atoms with Gasteiger partial charge in [-0.25, -0.2) is 0 Å². The quantitative estimate of drug-likeness (QED) is 0.588. The largest absolute Gasteiger partial charge is 0.372 e. The fourth-order valence-corrected chi connectivity index (χ4v) is 4.96. The Morgan fingerprint density at radius 2 is 1.62 bits per heavy atom. The number of carbonyl (C=O) groups is 1. The normalized spacial score (nSPS) is 19.2. The van der Waals surface area contributed by atoms with Crippen LogP contribution in [0.1, 0.15) is 49.4 Å². The van der Waals surface area contributed by atoms with Gasteiger partial charge in [0.2, 0.25) is 0 Å². The molecule has 2 saturated heterocycles. The van der Waals surface area contributed by atoms with Gasteiger partial charge < -0.3 is 9.80 Å². The summed E-state index contributed by atoms with van der Waals surface area (Å²) in [6, 6.07) is 18.7. The first-order valence-corrected chi connectivity index (χ1v) is 12.0. The number of amides is 1. The highest BCUT2D eigenvalue weighted by Crippen LogP contribution is 2.27. The molecule has 0 radical (unpaired) electrons. The van der Waals surface area contributed by atoms with Gasteiger partial charge in [-0.2, -0.15) is 5.10 Å². The van der Waals surface area contributed by atoms with Crippen molar-refractivity contribution in [3.63, 3.8) is 0 Å². The van der Waals surface area contributed by atoms with E-state index in [0.29, 0.717) is 5.92 Å². The van der Waals surface area contributed by atoms with Gasteiger partial charge in [-0.15, -0.1) is 0 Å². The minimum Gasteiger partial charge on any atom is -0.372 e. The Kier molecular flexibility index (Phi) is 5.97. The predicted molar refractivity (Wildman–Crippen MR) is 130 cm³/mol. The van der Waals surface area contributed by atoms with E-state index in [1.807, 2.05) is 29.2 Å². The molecule has 166 valence electrons. The lowest BCUT2D eigenvalue weighted by molar-refractivity contribution is 0.0683. The van der Waals surface area contributed by atoms with Crippen LogP contribution in [0.5, 0.6) is 0 Å². The molecule has 5 nitrogen and oxygen atoms in total. The average Bonchev–Trinajstić information content (AvgIpc) is 3.35. The van der Waals surface area contributed by atoms with E-state index >= 15 is 0 Å². The Hall–Kier alpha value is -3.08. The maximum Gasteiger partial charge on any atom is 0.253 e. The number of hydrogen-bond acceptors (Lipinski definition) is 3. The zero-order valence-electron chi connectivity index (χ0n) is 18.9. The van der Waals surface area contributed by atoms with Crippen molar-refractivity contribution in [2.24, 2.45) is 5.92 Å². The number of benzene rings is 2. The van der Waals surface area contributed by atoms with Crippen LogP contribution in [-0.4, -0.2) is 47.2 Å². The molecule has 0 saturated carbocycles. The number of H-pyrrole nitrogens is 1. The standard InChI is InChI=1S/C27H32N4O/c1-20-6-5-17-31(19-20)27(32)23-9-7-21(8-10-23)25-18-26(29-28-25)22-11-13-24(14-12-22)30-15-3-2-4-16-30/h7-14,18,20H,2-6,15-17,19H2,1H3,(H,28,29)/t20-/m1/s1. The van der Waals surface area contributed by atoms with E-state index in [9.17, 15) is 4.79 Å². The van der Waals surface area contributed by atoms with Gasteiger partial charge in [0.05, 0.1) is 11.4 Å². The second-order valence-electron chi connectivity index (χ2n) is 9.34. The van der Waals surface area contributed by atoms with E-state index in [1.54, 1.807) is 0 Å². The summed E-state index contributed by atoms with van der Waals surface area (Å²) in [6.45, 7) is 6.26. The first kappa shape index (κ1) is 20.8. The number of nitrogens with zero attached hydrogens (tertiary/aromatic N) is 3. The molecular weight excluding hydrogens is 396 g/mol. The Morgan fingerprint density at radius 3 is 2.34 bits per heavy atom. The minimum absolute atomic E-state index is 0.141. The van der Waals surface area contributed by atoms with Gasteiger partial charge in [-0.05, 0) is 73.9 Å². The van der Waals surface area contributed by atoms with Gasteiger partial charge in [-0.3, -0.25) is 9.89 Å². The van der Waals surface area contributed by atoms with Crippen molar-refractivity contribution in [3.05, 3.63) is 60.2 Å². The number of nitrogens with one attached hydrogen (secondary N) is 1. The first-order chi connectivity index (χ1) is 15.7. The number of aromatic amines is 1. The molecule has 5 rings (SSSR count). The summed E-state index contributed by atoms with van der Waals surface area (Å²) >= 11 is 0. The fraction of sp³-hybridized carbons (Fsp3) is 0.407. The molecule has 0 spiro atoms. The van der Waals surface area contributed by atoms with E-state index in [4.69, 9.17) is 0 Å². The lowest BCUT2D eigenvalue weighted by Gasteiger charge is -2.31. The lowest BCUT2D eigenvalue weighted by atomic mass is 9.99. The van der Waals surface area contributed by atoms with E-state index in [-0.39, 0.29) is 5.91 Å². The molecule has 1 N–H and O–H groups in total. The van der Waals surface area contributed by atoms with Crippen molar-refractivity contribution in [1.29, 1.82) is 0 Å². The highest BCUT2D eigenvalue weighted by Gasteiger charge is 2.22. The van der Waals surface area contributed by atoms with Crippen molar-refractivity contribution in [2.75, 3.05) is 31.1 Å². The van der Waals surface area contributed by atoms with Crippen LogP contribution in [-0.2, 0) is 0 Å². The Morgan fingerprint density at radius 1 is 0.906 bits per heavy atom. The van der Waals surface area contributed by atoms with Gasteiger partial charge >= 0.3 is 0 Å². The number of rotatable bonds is 4. The van der Waals surface area contributed by atoms with Crippen LogP contribution in [0.2, 0.25) is 0 Å². The molecule has 2 fully saturated rings. The maximum absolute atomic E-state index is 12.8. The predicted octanol–water partition coefficient (Wildman–Crippen LogP) is 5.61. The third kappa shape index (κ3) is 4.43. The Balaban J connectivity index is 1.27. The van der Waals surface area contributed by atoms with Crippen molar-refractivity contribution in [1.82, 2.24) is 15.1 Å². The molecule has 2 aromatic carbocycles. The highest BCUT2D eigenvalue weighted by atomic mass is 16.2. The number of anilines is 1. The van der Waals surface area contributed by atoms with Crippen LogP contribution in [0, 0.1) is 5.92 Å². The smallest absolute Gasteiger partial charge is 0.253 e. The molecule has 5 heteroatoms. The first-order valence-electron chi connectivity index (χ1n) is 12.0. The van der Waals surface area contributed by atoms with Crippen LogP contribution < -0.4 is 4.90 Å². The summed E-state index contributed by atoms with van der Waals surface area (Å²) in [7, 11) is 0. The number of likely N-dealkylation sites (tertiary alicyclic amines) is 1. The Bertz CT molecular complexity index is 1050. The topological polar surface area (TPSA) is 52.2 Å². The van der Waals surface area contributed by atoms with E-state index < -0.39 is 0 Å². The summed E-state index contributed by atoms with van der Waals surface area (Å²) in [6.07, 6.45) is 6.22. The molecule has 1 amide bonds. The third-order valence-corrected chi connectivity index (χ3v) is 6.85. The minimum atomic E-state index is 0.141. The van der Waals surface area contributed by atoms with Crippen LogP contribution >= 0.6 is 0 Å². The molecule has 3 aromatic rings. The SMILES string of the molecule is C[C@@H]1CCCN(C(=O)c2ccc(-c3cc(-c4ccc(N5CCCCC5)cc4)n[nH]3)cc2)C1. The monoisotopic (exact) mass is 428 g/mol. The van der Waals surface area contributed by atoms with E-state index in [0.717, 1.165) is 60.7 Å². The van der Waals surface area contributed by atoms with Crippen molar-refractivity contribution < 1.29 is 4.79 Å². The zero-order valence-corrected chi connectivity index (χ0v) is 18.9. The second-order valence-corrected chi connectivity index (χ2v) is 9.34. The van der Waals surface area contributed by atoms with Crippen LogP contribution in [0.25, 0.3) is 22.5 Å². The van der Waals surface area contributed by atoms with E-state index in [2.05, 4.69) is 52.4 Å². The molecular formula is C27H32N4O. The van der Waals surface area contributed by atoms with E-state index in [1.165, 1.54) is 31.4 Å².